The Morgan fingerprint density at radius 3 is 2.55 bits per heavy atom. The average Bonchev–Trinajstić information content (AvgIpc) is 3.46. The Morgan fingerprint density at radius 2 is 1.68 bits per heavy atom. The maximum Gasteiger partial charge on any atom is 0.227 e. The van der Waals surface area contributed by atoms with Gasteiger partial charge in [-0.05, 0) is 48.2 Å². The zero-order valence-electron chi connectivity index (χ0n) is 17.4. The molecule has 0 unspecified atom stereocenters. The molecule has 0 atom stereocenters. The number of furan rings is 1. The van der Waals surface area contributed by atoms with Crippen molar-refractivity contribution in [1.82, 2.24) is 9.97 Å². The van der Waals surface area contributed by atoms with Crippen molar-refractivity contribution in [3.63, 3.8) is 0 Å². The third-order valence-electron chi connectivity index (χ3n) is 6.53. The lowest BCUT2D eigenvalue weighted by Gasteiger charge is -2.10. The molecule has 152 valence electrons. The first kappa shape index (κ1) is 18.3. The van der Waals surface area contributed by atoms with E-state index in [1.165, 1.54) is 31.2 Å². The van der Waals surface area contributed by atoms with Crippen molar-refractivity contribution in [2.75, 3.05) is 0 Å². The molecule has 3 heteroatoms. The Labute approximate surface area is 181 Å². The SMILES string of the molecule is c1ccc(-c2ccc3c(n2)oc2c(-c4cc(CC5CCCC5)ccn4)cccc23)cc1. The number of fused-ring (bicyclic) bond motifs is 3. The van der Waals surface area contributed by atoms with Crippen molar-refractivity contribution in [3.05, 3.63) is 84.6 Å². The minimum atomic E-state index is 0.672. The predicted molar refractivity (Wildman–Crippen MR) is 126 cm³/mol. The molecule has 31 heavy (non-hydrogen) atoms. The zero-order chi connectivity index (χ0) is 20.6. The Bertz CT molecular complexity index is 1360. The van der Waals surface area contributed by atoms with Crippen LogP contribution in [-0.4, -0.2) is 9.97 Å². The molecule has 0 spiro atoms. The van der Waals surface area contributed by atoms with E-state index >= 15 is 0 Å². The first-order valence-corrected chi connectivity index (χ1v) is 11.2. The lowest BCUT2D eigenvalue weighted by molar-refractivity contribution is 0.546. The fraction of sp³-hybridized carbons (Fsp3) is 0.214. The molecular weight excluding hydrogens is 380 g/mol. The fourth-order valence-corrected chi connectivity index (χ4v) is 4.95. The second-order valence-electron chi connectivity index (χ2n) is 8.60. The molecule has 0 saturated heterocycles. The van der Waals surface area contributed by atoms with Gasteiger partial charge in [0.05, 0.1) is 11.4 Å². The number of aromatic nitrogens is 2. The van der Waals surface area contributed by atoms with Crippen molar-refractivity contribution in [2.45, 2.75) is 32.1 Å². The Kier molecular flexibility index (Phi) is 4.53. The van der Waals surface area contributed by atoms with Gasteiger partial charge in [0.1, 0.15) is 5.58 Å². The molecule has 1 aliphatic carbocycles. The quantitative estimate of drug-likeness (QED) is 0.312. The number of pyridine rings is 2. The van der Waals surface area contributed by atoms with Crippen LogP contribution in [0.1, 0.15) is 31.2 Å². The van der Waals surface area contributed by atoms with Gasteiger partial charge in [0.25, 0.3) is 0 Å². The smallest absolute Gasteiger partial charge is 0.227 e. The van der Waals surface area contributed by atoms with Gasteiger partial charge in [-0.15, -0.1) is 0 Å². The van der Waals surface area contributed by atoms with Gasteiger partial charge in [-0.2, -0.15) is 0 Å². The number of rotatable bonds is 4. The van der Waals surface area contributed by atoms with Crippen molar-refractivity contribution in [2.24, 2.45) is 5.92 Å². The molecule has 0 amide bonds. The third kappa shape index (κ3) is 3.40. The van der Waals surface area contributed by atoms with Gasteiger partial charge in [-0.3, -0.25) is 4.98 Å². The fourth-order valence-electron chi connectivity index (χ4n) is 4.95. The lowest BCUT2D eigenvalue weighted by Crippen LogP contribution is -1.99. The topological polar surface area (TPSA) is 38.9 Å². The first-order valence-electron chi connectivity index (χ1n) is 11.2. The summed E-state index contributed by atoms with van der Waals surface area (Å²) >= 11 is 0. The summed E-state index contributed by atoms with van der Waals surface area (Å²) in [5.41, 5.74) is 6.92. The van der Waals surface area contributed by atoms with Crippen molar-refractivity contribution < 1.29 is 4.42 Å². The monoisotopic (exact) mass is 404 g/mol. The molecule has 0 aliphatic heterocycles. The van der Waals surface area contributed by atoms with Crippen LogP contribution in [-0.2, 0) is 6.42 Å². The second kappa shape index (κ2) is 7.66. The second-order valence-corrected chi connectivity index (χ2v) is 8.60. The van der Waals surface area contributed by atoms with Crippen molar-refractivity contribution in [3.8, 4) is 22.5 Å². The summed E-state index contributed by atoms with van der Waals surface area (Å²) in [7, 11) is 0. The zero-order valence-corrected chi connectivity index (χ0v) is 17.4. The highest BCUT2D eigenvalue weighted by Crippen LogP contribution is 2.36. The van der Waals surface area contributed by atoms with Crippen LogP contribution in [0.25, 0.3) is 44.6 Å². The summed E-state index contributed by atoms with van der Waals surface area (Å²) in [6.07, 6.45) is 8.54. The predicted octanol–water partition coefficient (Wildman–Crippen LogP) is 7.44. The number of hydrogen-bond acceptors (Lipinski definition) is 3. The molecule has 1 fully saturated rings. The molecule has 0 radical (unpaired) electrons. The molecule has 3 aromatic heterocycles. The van der Waals surface area contributed by atoms with Gasteiger partial charge < -0.3 is 4.42 Å². The molecule has 1 saturated carbocycles. The maximum atomic E-state index is 6.32. The van der Waals surface area contributed by atoms with Gasteiger partial charge in [0, 0.05) is 28.1 Å². The highest BCUT2D eigenvalue weighted by Gasteiger charge is 2.17. The number of benzene rings is 2. The summed E-state index contributed by atoms with van der Waals surface area (Å²) in [4.78, 5) is 9.51. The molecular formula is C28H24N2O. The maximum absolute atomic E-state index is 6.32. The van der Waals surface area contributed by atoms with E-state index in [1.54, 1.807) is 0 Å². The average molecular weight is 405 g/mol. The largest absolute Gasteiger partial charge is 0.437 e. The molecule has 6 rings (SSSR count). The van der Waals surface area contributed by atoms with E-state index in [4.69, 9.17) is 9.40 Å². The molecule has 2 aromatic carbocycles. The highest BCUT2D eigenvalue weighted by molar-refractivity contribution is 6.08. The minimum Gasteiger partial charge on any atom is -0.437 e. The Hall–Kier alpha value is -3.46. The summed E-state index contributed by atoms with van der Waals surface area (Å²) < 4.78 is 6.32. The lowest BCUT2D eigenvalue weighted by atomic mass is 9.97. The molecule has 3 heterocycles. The molecule has 5 aromatic rings. The summed E-state index contributed by atoms with van der Waals surface area (Å²) in [5.74, 6) is 0.817. The van der Waals surface area contributed by atoms with E-state index in [2.05, 4.69) is 59.6 Å². The van der Waals surface area contributed by atoms with E-state index < -0.39 is 0 Å². The standard InChI is InChI=1S/C28H24N2O/c1-2-9-21(10-3-1)25-14-13-23-22-11-6-12-24(27(22)31-28(23)30-25)26-18-20(15-16-29-26)17-19-7-4-5-8-19/h1-3,6,9-16,18-19H,4-5,7-8,17H2. The van der Waals surface area contributed by atoms with Crippen molar-refractivity contribution >= 4 is 22.1 Å². The van der Waals surface area contributed by atoms with Crippen LogP contribution >= 0.6 is 0 Å². The summed E-state index contributed by atoms with van der Waals surface area (Å²) in [5, 5.41) is 2.13. The Balaban J connectivity index is 1.44. The highest BCUT2D eigenvalue weighted by atomic mass is 16.3. The van der Waals surface area contributed by atoms with Crippen LogP contribution in [0.3, 0.4) is 0 Å². The van der Waals surface area contributed by atoms with Crippen LogP contribution in [0, 0.1) is 5.92 Å². The molecule has 0 N–H and O–H groups in total. The van der Waals surface area contributed by atoms with Crippen LogP contribution in [0.5, 0.6) is 0 Å². The van der Waals surface area contributed by atoms with E-state index in [-0.39, 0.29) is 0 Å². The molecule has 1 aliphatic rings. The molecule has 3 nitrogen and oxygen atoms in total. The van der Waals surface area contributed by atoms with E-state index in [1.807, 2.05) is 24.4 Å². The van der Waals surface area contributed by atoms with E-state index in [9.17, 15) is 0 Å². The third-order valence-corrected chi connectivity index (χ3v) is 6.53. The van der Waals surface area contributed by atoms with Crippen LogP contribution in [0.4, 0.5) is 0 Å². The van der Waals surface area contributed by atoms with Gasteiger partial charge in [-0.1, -0.05) is 68.1 Å². The van der Waals surface area contributed by atoms with Crippen LogP contribution in [0.2, 0.25) is 0 Å². The van der Waals surface area contributed by atoms with Gasteiger partial charge in [-0.25, -0.2) is 4.98 Å². The van der Waals surface area contributed by atoms with Gasteiger partial charge in [0.15, 0.2) is 0 Å². The summed E-state index contributed by atoms with van der Waals surface area (Å²) in [6.45, 7) is 0. The normalized spacial score (nSPS) is 14.6. The minimum absolute atomic E-state index is 0.672. The Morgan fingerprint density at radius 1 is 0.806 bits per heavy atom. The van der Waals surface area contributed by atoms with Gasteiger partial charge in [0.2, 0.25) is 5.71 Å². The van der Waals surface area contributed by atoms with Crippen molar-refractivity contribution in [1.29, 1.82) is 0 Å². The first-order chi connectivity index (χ1) is 15.3. The number of para-hydroxylation sites is 1. The van der Waals surface area contributed by atoms with E-state index in [0.717, 1.165) is 51.2 Å². The summed E-state index contributed by atoms with van der Waals surface area (Å²) in [6, 6.07) is 25.1. The number of nitrogens with zero attached hydrogens (tertiary/aromatic N) is 2. The van der Waals surface area contributed by atoms with E-state index in [0.29, 0.717) is 5.71 Å². The van der Waals surface area contributed by atoms with Crippen LogP contribution < -0.4 is 0 Å². The number of hydrogen-bond donors (Lipinski definition) is 0. The van der Waals surface area contributed by atoms with Crippen LogP contribution in [0.15, 0.2) is 83.4 Å². The van der Waals surface area contributed by atoms with Gasteiger partial charge >= 0.3 is 0 Å². The molecule has 0 bridgehead atoms.